The van der Waals surface area contributed by atoms with E-state index in [1.54, 1.807) is 0 Å². The SMILES string of the molecule is CN(C)CCC(c1ccc(Cl)c(Cl)c1)N1CCCC1. The third-order valence-corrected chi connectivity index (χ3v) is 4.50. The predicted octanol–water partition coefficient (Wildman–Crippen LogP) is 4.08. The van der Waals surface area contributed by atoms with Gasteiger partial charge in [0.15, 0.2) is 0 Å². The molecule has 4 heteroatoms. The molecule has 0 N–H and O–H groups in total. The molecule has 1 unspecified atom stereocenters. The highest BCUT2D eigenvalue weighted by molar-refractivity contribution is 6.42. The molecule has 1 saturated heterocycles. The van der Waals surface area contributed by atoms with Gasteiger partial charge in [-0.3, -0.25) is 4.90 Å². The summed E-state index contributed by atoms with van der Waals surface area (Å²) in [5.41, 5.74) is 1.29. The molecule has 0 spiro atoms. The molecule has 1 heterocycles. The van der Waals surface area contributed by atoms with Crippen LogP contribution in [0.2, 0.25) is 10.0 Å². The van der Waals surface area contributed by atoms with Gasteiger partial charge in [0.25, 0.3) is 0 Å². The number of hydrogen-bond donors (Lipinski definition) is 0. The first kappa shape index (κ1) is 15.1. The summed E-state index contributed by atoms with van der Waals surface area (Å²) in [7, 11) is 4.24. The summed E-state index contributed by atoms with van der Waals surface area (Å²) < 4.78 is 0. The van der Waals surface area contributed by atoms with E-state index < -0.39 is 0 Å². The second-order valence-electron chi connectivity index (χ2n) is 5.52. The van der Waals surface area contributed by atoms with Crippen molar-refractivity contribution in [3.05, 3.63) is 33.8 Å². The molecule has 0 radical (unpaired) electrons. The molecule has 19 heavy (non-hydrogen) atoms. The van der Waals surface area contributed by atoms with E-state index in [2.05, 4.69) is 30.0 Å². The van der Waals surface area contributed by atoms with E-state index in [0.717, 1.165) is 13.0 Å². The topological polar surface area (TPSA) is 6.48 Å². The Labute approximate surface area is 126 Å². The molecule has 1 aromatic rings. The minimum Gasteiger partial charge on any atom is -0.309 e. The fourth-order valence-corrected chi connectivity index (χ4v) is 3.02. The average molecular weight is 301 g/mol. The average Bonchev–Trinajstić information content (AvgIpc) is 2.87. The van der Waals surface area contributed by atoms with E-state index in [1.165, 1.54) is 31.5 Å². The summed E-state index contributed by atoms with van der Waals surface area (Å²) in [6.07, 6.45) is 3.74. The van der Waals surface area contributed by atoms with Crippen molar-refractivity contribution in [2.24, 2.45) is 0 Å². The third-order valence-electron chi connectivity index (χ3n) is 3.76. The van der Waals surface area contributed by atoms with Gasteiger partial charge < -0.3 is 4.90 Å². The van der Waals surface area contributed by atoms with Gasteiger partial charge >= 0.3 is 0 Å². The molecule has 2 rings (SSSR count). The Kier molecular flexibility index (Phi) is 5.52. The number of nitrogens with zero attached hydrogens (tertiary/aromatic N) is 2. The lowest BCUT2D eigenvalue weighted by Crippen LogP contribution is -2.28. The Morgan fingerprint density at radius 2 is 1.84 bits per heavy atom. The van der Waals surface area contributed by atoms with Crippen molar-refractivity contribution in [2.45, 2.75) is 25.3 Å². The first-order valence-corrected chi connectivity index (χ1v) is 7.67. The van der Waals surface area contributed by atoms with Gasteiger partial charge in [0, 0.05) is 6.04 Å². The zero-order valence-corrected chi connectivity index (χ0v) is 13.2. The maximum Gasteiger partial charge on any atom is 0.0595 e. The molecule has 0 aromatic heterocycles. The van der Waals surface area contributed by atoms with Crippen molar-refractivity contribution < 1.29 is 0 Å². The van der Waals surface area contributed by atoms with Crippen molar-refractivity contribution in [2.75, 3.05) is 33.7 Å². The normalized spacial score (nSPS) is 18.2. The second-order valence-corrected chi connectivity index (χ2v) is 6.34. The summed E-state index contributed by atoms with van der Waals surface area (Å²) in [5.74, 6) is 0. The van der Waals surface area contributed by atoms with Gasteiger partial charge in [0.1, 0.15) is 0 Å². The number of rotatable bonds is 5. The van der Waals surface area contributed by atoms with Crippen molar-refractivity contribution in [3.8, 4) is 0 Å². The summed E-state index contributed by atoms with van der Waals surface area (Å²) in [5, 5.41) is 1.30. The molecule has 1 fully saturated rings. The second kappa shape index (κ2) is 6.94. The minimum atomic E-state index is 0.458. The lowest BCUT2D eigenvalue weighted by atomic mass is 10.0. The van der Waals surface area contributed by atoms with E-state index in [0.29, 0.717) is 16.1 Å². The van der Waals surface area contributed by atoms with Crippen LogP contribution in [0.15, 0.2) is 18.2 Å². The van der Waals surface area contributed by atoms with Crippen molar-refractivity contribution in [1.82, 2.24) is 9.80 Å². The maximum atomic E-state index is 6.17. The molecule has 1 aliphatic heterocycles. The molecule has 0 saturated carbocycles. The quantitative estimate of drug-likeness (QED) is 0.808. The molecular weight excluding hydrogens is 279 g/mol. The van der Waals surface area contributed by atoms with Crippen LogP contribution in [0.3, 0.4) is 0 Å². The number of benzene rings is 1. The lowest BCUT2D eigenvalue weighted by molar-refractivity contribution is 0.215. The number of likely N-dealkylation sites (tertiary alicyclic amines) is 1. The first-order chi connectivity index (χ1) is 9.08. The van der Waals surface area contributed by atoms with Gasteiger partial charge in [0.2, 0.25) is 0 Å². The van der Waals surface area contributed by atoms with Gasteiger partial charge in [-0.2, -0.15) is 0 Å². The van der Waals surface area contributed by atoms with Crippen LogP contribution in [0, 0.1) is 0 Å². The highest BCUT2D eigenvalue weighted by atomic mass is 35.5. The lowest BCUT2D eigenvalue weighted by Gasteiger charge is -2.29. The van der Waals surface area contributed by atoms with Crippen LogP contribution in [-0.2, 0) is 0 Å². The summed E-state index contributed by atoms with van der Waals surface area (Å²) in [4.78, 5) is 4.81. The fourth-order valence-electron chi connectivity index (χ4n) is 2.71. The summed E-state index contributed by atoms with van der Waals surface area (Å²) in [6.45, 7) is 3.47. The van der Waals surface area contributed by atoms with Gasteiger partial charge in [-0.05, 0) is 70.7 Å². The van der Waals surface area contributed by atoms with Crippen LogP contribution < -0.4 is 0 Å². The Balaban J connectivity index is 2.17. The van der Waals surface area contributed by atoms with E-state index >= 15 is 0 Å². The molecule has 0 amide bonds. The van der Waals surface area contributed by atoms with Crippen LogP contribution >= 0.6 is 23.2 Å². The first-order valence-electron chi connectivity index (χ1n) is 6.91. The Bertz CT molecular complexity index is 415. The number of hydrogen-bond acceptors (Lipinski definition) is 2. The Hall–Kier alpha value is -0.280. The highest BCUT2D eigenvalue weighted by Gasteiger charge is 2.23. The minimum absolute atomic E-state index is 0.458. The maximum absolute atomic E-state index is 6.17. The number of halogens is 2. The van der Waals surface area contributed by atoms with Gasteiger partial charge in [0.05, 0.1) is 10.0 Å². The molecule has 1 aromatic carbocycles. The molecule has 0 aliphatic carbocycles. The van der Waals surface area contributed by atoms with E-state index in [1.807, 2.05) is 12.1 Å². The molecule has 1 aliphatic rings. The van der Waals surface area contributed by atoms with E-state index in [-0.39, 0.29) is 0 Å². The van der Waals surface area contributed by atoms with Crippen LogP contribution in [0.4, 0.5) is 0 Å². The summed E-state index contributed by atoms with van der Waals surface area (Å²) >= 11 is 12.2. The highest BCUT2D eigenvalue weighted by Crippen LogP contribution is 2.32. The Morgan fingerprint density at radius 3 is 2.42 bits per heavy atom. The van der Waals surface area contributed by atoms with E-state index in [4.69, 9.17) is 23.2 Å². The predicted molar refractivity (Wildman–Crippen MR) is 83.2 cm³/mol. The van der Waals surface area contributed by atoms with Crippen LogP contribution in [0.5, 0.6) is 0 Å². The largest absolute Gasteiger partial charge is 0.309 e. The zero-order chi connectivity index (χ0) is 13.8. The zero-order valence-electron chi connectivity index (χ0n) is 11.7. The molecule has 106 valence electrons. The standard InChI is InChI=1S/C15H22Cl2N2/c1-18(2)10-7-15(19-8-3-4-9-19)12-5-6-13(16)14(17)11-12/h5-6,11,15H,3-4,7-10H2,1-2H3. The van der Waals surface area contributed by atoms with Gasteiger partial charge in [-0.15, -0.1) is 0 Å². The monoisotopic (exact) mass is 300 g/mol. The van der Waals surface area contributed by atoms with E-state index in [9.17, 15) is 0 Å². The molecular formula is C15H22Cl2N2. The van der Waals surface area contributed by atoms with Crippen molar-refractivity contribution in [3.63, 3.8) is 0 Å². The van der Waals surface area contributed by atoms with Crippen LogP contribution in [0.25, 0.3) is 0 Å². The summed E-state index contributed by atoms with van der Waals surface area (Å²) in [6, 6.07) is 6.52. The smallest absolute Gasteiger partial charge is 0.0595 e. The third kappa shape index (κ3) is 4.09. The fraction of sp³-hybridized carbons (Fsp3) is 0.600. The van der Waals surface area contributed by atoms with Crippen molar-refractivity contribution >= 4 is 23.2 Å². The Morgan fingerprint density at radius 1 is 1.16 bits per heavy atom. The van der Waals surface area contributed by atoms with Gasteiger partial charge in [-0.1, -0.05) is 29.3 Å². The van der Waals surface area contributed by atoms with Crippen molar-refractivity contribution in [1.29, 1.82) is 0 Å². The molecule has 2 nitrogen and oxygen atoms in total. The van der Waals surface area contributed by atoms with Gasteiger partial charge in [-0.25, -0.2) is 0 Å². The molecule has 0 bridgehead atoms. The molecule has 1 atom stereocenters. The van der Waals surface area contributed by atoms with Crippen LogP contribution in [-0.4, -0.2) is 43.5 Å². The van der Waals surface area contributed by atoms with Crippen LogP contribution in [0.1, 0.15) is 30.9 Å².